The van der Waals surface area contributed by atoms with Crippen LogP contribution in [0.1, 0.15) is 123 Å². The topological polar surface area (TPSA) is 152 Å². The summed E-state index contributed by atoms with van der Waals surface area (Å²) in [5.41, 5.74) is 0. The minimum Gasteiger partial charge on any atom is -0.462 e. The van der Waals surface area contributed by atoms with E-state index >= 15 is 0 Å². The number of esters is 2. The highest BCUT2D eigenvalue weighted by atomic mass is 16.7. The lowest BCUT2D eigenvalue weighted by Gasteiger charge is -2.39. The molecular weight excluding hydrogens is 616 g/mol. The molecule has 0 radical (unpaired) electrons. The normalized spacial score (nSPS) is 22.3. The van der Waals surface area contributed by atoms with Crippen molar-refractivity contribution in [3.05, 3.63) is 48.6 Å². The van der Waals surface area contributed by atoms with Crippen molar-refractivity contribution in [2.45, 2.75) is 160 Å². The van der Waals surface area contributed by atoms with Gasteiger partial charge in [0.1, 0.15) is 31.0 Å². The predicted molar refractivity (Wildman–Crippen MR) is 187 cm³/mol. The lowest BCUT2D eigenvalue weighted by Crippen LogP contribution is -2.59. The van der Waals surface area contributed by atoms with Gasteiger partial charge < -0.3 is 39.4 Å². The number of allylic oxidation sites excluding steroid dienone is 8. The molecule has 1 aliphatic heterocycles. The quantitative estimate of drug-likeness (QED) is 0.0430. The third-order valence-electron chi connectivity index (χ3n) is 7.98. The Labute approximate surface area is 288 Å². The number of carbonyl (C=O) groups is 2. The van der Waals surface area contributed by atoms with E-state index in [1.165, 1.54) is 25.7 Å². The second-order valence-electron chi connectivity index (χ2n) is 12.3. The minimum atomic E-state index is -1.60. The molecule has 1 rings (SSSR count). The number of ether oxygens (including phenoxy) is 4. The number of carbonyl (C=O) groups excluding carboxylic acids is 2. The molecule has 276 valence electrons. The molecule has 0 aromatic carbocycles. The number of unbranched alkanes of at least 4 members (excludes halogenated alkanes) is 9. The van der Waals surface area contributed by atoms with Gasteiger partial charge in [0.2, 0.25) is 0 Å². The van der Waals surface area contributed by atoms with Gasteiger partial charge in [-0.25, -0.2) is 0 Å². The summed E-state index contributed by atoms with van der Waals surface area (Å²) in [6.07, 6.45) is 24.3. The van der Waals surface area contributed by atoms with Gasteiger partial charge in [-0.1, -0.05) is 107 Å². The van der Waals surface area contributed by atoms with Crippen LogP contribution in [0.5, 0.6) is 0 Å². The van der Waals surface area contributed by atoms with E-state index in [1.54, 1.807) is 0 Å². The molecule has 1 heterocycles. The van der Waals surface area contributed by atoms with Gasteiger partial charge in [-0.3, -0.25) is 9.59 Å². The zero-order valence-electron chi connectivity index (χ0n) is 29.5. The standard InChI is InChI=1S/C38H64O10/c1-3-5-7-9-11-13-14-15-16-17-18-19-21-22-24-26-33(40)45-29-31(47-34(41)27-25-23-20-12-10-8-6-4-2)30-46-38-37(44)36(43)35(42)32(28-39)48-38/h5,7,11,13,15-16,18-19,31-32,35-39,42-44H,3-4,6,8-10,12,14,17,20-30H2,1-2H3/b7-5+,13-11+,16-15+,19-18+/t31-,32-,35+,36?,37?,38-/m0/s1. The number of hydrogen-bond donors (Lipinski definition) is 4. The average Bonchev–Trinajstić information content (AvgIpc) is 3.08. The van der Waals surface area contributed by atoms with Crippen LogP contribution < -0.4 is 0 Å². The Morgan fingerprint density at radius 3 is 1.85 bits per heavy atom. The van der Waals surface area contributed by atoms with Crippen LogP contribution in [0.4, 0.5) is 0 Å². The molecule has 0 amide bonds. The molecule has 1 fully saturated rings. The minimum absolute atomic E-state index is 0.219. The Balaban J connectivity index is 2.44. The van der Waals surface area contributed by atoms with E-state index in [9.17, 15) is 30.0 Å². The van der Waals surface area contributed by atoms with E-state index in [2.05, 4.69) is 62.5 Å². The first-order valence-electron chi connectivity index (χ1n) is 18.2. The van der Waals surface area contributed by atoms with E-state index in [0.29, 0.717) is 12.8 Å². The van der Waals surface area contributed by atoms with Gasteiger partial charge in [-0.2, -0.15) is 0 Å². The van der Waals surface area contributed by atoms with Crippen LogP contribution in [0.15, 0.2) is 48.6 Å². The second kappa shape index (κ2) is 29.6. The summed E-state index contributed by atoms with van der Waals surface area (Å²) in [5, 5.41) is 39.8. The van der Waals surface area contributed by atoms with Gasteiger partial charge in [0.15, 0.2) is 12.4 Å². The maximum absolute atomic E-state index is 12.6. The molecule has 4 N–H and O–H groups in total. The molecule has 1 aliphatic rings. The first-order chi connectivity index (χ1) is 23.3. The maximum Gasteiger partial charge on any atom is 0.306 e. The van der Waals surface area contributed by atoms with E-state index in [1.807, 2.05) is 0 Å². The van der Waals surface area contributed by atoms with E-state index in [4.69, 9.17) is 18.9 Å². The Bertz CT molecular complexity index is 928. The molecule has 0 spiro atoms. The van der Waals surface area contributed by atoms with Crippen LogP contribution in [0.2, 0.25) is 0 Å². The second-order valence-corrected chi connectivity index (χ2v) is 12.3. The fourth-order valence-electron chi connectivity index (χ4n) is 5.06. The number of rotatable bonds is 28. The Kier molecular flexibility index (Phi) is 26.9. The highest BCUT2D eigenvalue weighted by Crippen LogP contribution is 2.22. The molecule has 48 heavy (non-hydrogen) atoms. The smallest absolute Gasteiger partial charge is 0.306 e. The maximum atomic E-state index is 12.6. The summed E-state index contributed by atoms with van der Waals surface area (Å²) < 4.78 is 21.9. The van der Waals surface area contributed by atoms with Crippen molar-refractivity contribution < 1.29 is 49.0 Å². The SMILES string of the molecule is CC/C=C/C/C=C/C/C=C/C/C=C/CCCCC(=O)OC[C@@H](CO[C@H]1O[C@@H](CO)[C@@H](O)C(O)C1O)OC(=O)CCCCCCCCCC. The fraction of sp³-hybridized carbons (Fsp3) is 0.737. The summed E-state index contributed by atoms with van der Waals surface area (Å²) >= 11 is 0. The zero-order valence-corrected chi connectivity index (χ0v) is 29.5. The van der Waals surface area contributed by atoms with Gasteiger partial charge in [0.05, 0.1) is 13.2 Å². The van der Waals surface area contributed by atoms with Crippen LogP contribution in [0.3, 0.4) is 0 Å². The lowest BCUT2D eigenvalue weighted by atomic mass is 9.99. The Morgan fingerprint density at radius 2 is 1.23 bits per heavy atom. The van der Waals surface area contributed by atoms with Crippen molar-refractivity contribution in [2.24, 2.45) is 0 Å². The van der Waals surface area contributed by atoms with Crippen molar-refractivity contribution in [1.29, 1.82) is 0 Å². The summed E-state index contributed by atoms with van der Waals surface area (Å²) in [4.78, 5) is 25.0. The Hall–Kier alpha value is -2.34. The van der Waals surface area contributed by atoms with Crippen LogP contribution in [-0.4, -0.2) is 89.0 Å². The average molecular weight is 681 g/mol. The highest BCUT2D eigenvalue weighted by molar-refractivity contribution is 5.70. The van der Waals surface area contributed by atoms with Gasteiger partial charge in [-0.15, -0.1) is 0 Å². The lowest BCUT2D eigenvalue weighted by molar-refractivity contribution is -0.305. The molecule has 2 unspecified atom stereocenters. The van der Waals surface area contributed by atoms with Crippen molar-refractivity contribution >= 4 is 11.9 Å². The van der Waals surface area contributed by atoms with Gasteiger partial charge in [0, 0.05) is 12.8 Å². The Morgan fingerprint density at radius 1 is 0.667 bits per heavy atom. The van der Waals surface area contributed by atoms with Crippen LogP contribution in [0.25, 0.3) is 0 Å². The fourth-order valence-corrected chi connectivity index (χ4v) is 5.06. The summed E-state index contributed by atoms with van der Waals surface area (Å²) in [7, 11) is 0. The van der Waals surface area contributed by atoms with Crippen molar-refractivity contribution in [2.75, 3.05) is 19.8 Å². The molecule has 10 nitrogen and oxygen atoms in total. The molecule has 0 aliphatic carbocycles. The summed E-state index contributed by atoms with van der Waals surface area (Å²) in [6.45, 7) is 3.19. The summed E-state index contributed by atoms with van der Waals surface area (Å²) in [6, 6.07) is 0. The first-order valence-corrected chi connectivity index (χ1v) is 18.2. The molecule has 10 heteroatoms. The zero-order chi connectivity index (χ0) is 35.2. The third kappa shape index (κ3) is 21.6. The molecule has 0 saturated carbocycles. The van der Waals surface area contributed by atoms with E-state index in [0.717, 1.165) is 57.8 Å². The molecule has 6 atom stereocenters. The van der Waals surface area contributed by atoms with Crippen LogP contribution >= 0.6 is 0 Å². The van der Waals surface area contributed by atoms with Crippen LogP contribution in [0, 0.1) is 0 Å². The number of aliphatic hydroxyl groups is 4. The van der Waals surface area contributed by atoms with Crippen LogP contribution in [-0.2, 0) is 28.5 Å². The third-order valence-corrected chi connectivity index (χ3v) is 7.98. The van der Waals surface area contributed by atoms with Crippen molar-refractivity contribution in [3.8, 4) is 0 Å². The van der Waals surface area contributed by atoms with E-state index < -0.39 is 55.4 Å². The first kappa shape index (κ1) is 43.7. The van der Waals surface area contributed by atoms with Gasteiger partial charge in [0.25, 0.3) is 0 Å². The molecule has 1 saturated heterocycles. The van der Waals surface area contributed by atoms with Crippen molar-refractivity contribution in [1.82, 2.24) is 0 Å². The molecule has 0 bridgehead atoms. The van der Waals surface area contributed by atoms with Gasteiger partial charge in [-0.05, 0) is 51.4 Å². The van der Waals surface area contributed by atoms with Gasteiger partial charge >= 0.3 is 11.9 Å². The molecular formula is C38H64O10. The van der Waals surface area contributed by atoms with E-state index in [-0.39, 0.29) is 26.1 Å². The highest BCUT2D eigenvalue weighted by Gasteiger charge is 2.44. The monoisotopic (exact) mass is 680 g/mol. The largest absolute Gasteiger partial charge is 0.462 e. The number of aliphatic hydroxyl groups excluding tert-OH is 4. The number of hydrogen-bond acceptors (Lipinski definition) is 10. The molecule has 0 aromatic heterocycles. The van der Waals surface area contributed by atoms with Crippen molar-refractivity contribution in [3.63, 3.8) is 0 Å². The molecule has 0 aromatic rings. The predicted octanol–water partition coefficient (Wildman–Crippen LogP) is 6.15. The summed E-state index contributed by atoms with van der Waals surface area (Å²) in [5.74, 6) is -0.866.